The van der Waals surface area contributed by atoms with Gasteiger partial charge in [0, 0.05) is 13.1 Å². The number of fused-ring (bicyclic) bond motifs is 1. The van der Waals surface area contributed by atoms with Gasteiger partial charge in [0.2, 0.25) is 0 Å². The zero-order chi connectivity index (χ0) is 12.8. The number of para-hydroxylation sites is 1. The third-order valence-corrected chi connectivity index (χ3v) is 2.97. The summed E-state index contributed by atoms with van der Waals surface area (Å²) in [6.07, 6.45) is 3.99. The van der Waals surface area contributed by atoms with E-state index in [9.17, 15) is 4.79 Å². The second-order valence-electron chi connectivity index (χ2n) is 4.36. The fourth-order valence-corrected chi connectivity index (χ4v) is 1.89. The molecule has 1 heterocycles. The normalized spacial score (nSPS) is 10.9. The molecule has 0 bridgehead atoms. The predicted molar refractivity (Wildman–Crippen MR) is 73.8 cm³/mol. The first-order valence-electron chi connectivity index (χ1n) is 6.48. The van der Waals surface area contributed by atoms with Crippen molar-refractivity contribution < 1.29 is 0 Å². The lowest BCUT2D eigenvalue weighted by Gasteiger charge is -2.07. The summed E-state index contributed by atoms with van der Waals surface area (Å²) in [7, 11) is 0. The molecular weight excluding hydrogens is 226 g/mol. The number of hydrogen-bond donors (Lipinski definition) is 1. The van der Waals surface area contributed by atoms with Gasteiger partial charge in [0.1, 0.15) is 0 Å². The molecule has 1 aromatic heterocycles. The van der Waals surface area contributed by atoms with Crippen LogP contribution in [0, 0.1) is 0 Å². The lowest BCUT2D eigenvalue weighted by atomic mass is 10.2. The molecule has 0 aliphatic heterocycles. The quantitative estimate of drug-likeness (QED) is 0.789. The summed E-state index contributed by atoms with van der Waals surface area (Å²) in [5.74, 6) is 0. The molecule has 0 saturated heterocycles. The average molecular weight is 245 g/mol. The van der Waals surface area contributed by atoms with Crippen molar-refractivity contribution in [2.45, 2.75) is 26.3 Å². The first kappa shape index (κ1) is 12.8. The number of nitrogens with zero attached hydrogens (tertiary/aromatic N) is 2. The second kappa shape index (κ2) is 6.31. The minimum absolute atomic E-state index is 0.0397. The molecule has 96 valence electrons. The number of aromatic nitrogens is 2. The van der Waals surface area contributed by atoms with E-state index < -0.39 is 0 Å². The van der Waals surface area contributed by atoms with Crippen LogP contribution in [0.25, 0.3) is 10.9 Å². The maximum absolute atomic E-state index is 12.1. The van der Waals surface area contributed by atoms with Gasteiger partial charge in [0.05, 0.1) is 17.2 Å². The lowest BCUT2D eigenvalue weighted by molar-refractivity contribution is 0.568. The van der Waals surface area contributed by atoms with Crippen LogP contribution in [0.5, 0.6) is 0 Å². The van der Waals surface area contributed by atoms with Gasteiger partial charge in [-0.2, -0.15) is 0 Å². The zero-order valence-electron chi connectivity index (χ0n) is 10.7. The highest BCUT2D eigenvalue weighted by Gasteiger charge is 2.02. The van der Waals surface area contributed by atoms with E-state index in [-0.39, 0.29) is 5.56 Å². The Morgan fingerprint density at radius 2 is 2.11 bits per heavy atom. The largest absolute Gasteiger partial charge is 0.315 e. The highest BCUT2D eigenvalue weighted by Crippen LogP contribution is 2.04. The Balaban J connectivity index is 2.05. The van der Waals surface area contributed by atoms with Gasteiger partial charge in [-0.1, -0.05) is 25.5 Å². The van der Waals surface area contributed by atoms with Crippen LogP contribution in [-0.2, 0) is 6.54 Å². The van der Waals surface area contributed by atoms with E-state index in [0.29, 0.717) is 11.9 Å². The third-order valence-electron chi connectivity index (χ3n) is 2.97. The molecule has 1 aromatic carbocycles. The standard InChI is InChI=1S/C14H19N3O/c1-2-3-8-15-9-10-17-11-16-13-7-5-4-6-12(13)14(17)18/h4-7,11,15H,2-3,8-10H2,1H3. The monoisotopic (exact) mass is 245 g/mol. The molecule has 0 saturated carbocycles. The fraction of sp³-hybridized carbons (Fsp3) is 0.429. The Morgan fingerprint density at radius 3 is 2.94 bits per heavy atom. The summed E-state index contributed by atoms with van der Waals surface area (Å²) >= 11 is 0. The average Bonchev–Trinajstić information content (AvgIpc) is 2.41. The molecule has 18 heavy (non-hydrogen) atoms. The van der Waals surface area contributed by atoms with E-state index in [0.717, 1.165) is 18.6 Å². The van der Waals surface area contributed by atoms with E-state index in [1.807, 2.05) is 24.3 Å². The van der Waals surface area contributed by atoms with E-state index in [4.69, 9.17) is 0 Å². The molecule has 1 N–H and O–H groups in total. The van der Waals surface area contributed by atoms with Gasteiger partial charge < -0.3 is 5.32 Å². The van der Waals surface area contributed by atoms with Crippen LogP contribution >= 0.6 is 0 Å². The summed E-state index contributed by atoms with van der Waals surface area (Å²) in [5, 5.41) is 4.01. The molecular formula is C14H19N3O. The van der Waals surface area contributed by atoms with E-state index >= 15 is 0 Å². The molecule has 2 rings (SSSR count). The van der Waals surface area contributed by atoms with Gasteiger partial charge in [0.25, 0.3) is 5.56 Å². The van der Waals surface area contributed by atoms with Gasteiger partial charge in [0.15, 0.2) is 0 Å². The fourth-order valence-electron chi connectivity index (χ4n) is 1.89. The van der Waals surface area contributed by atoms with Crippen molar-refractivity contribution in [2.24, 2.45) is 0 Å². The summed E-state index contributed by atoms with van der Waals surface area (Å²) < 4.78 is 1.67. The van der Waals surface area contributed by atoms with Crippen LogP contribution < -0.4 is 10.9 Å². The Kier molecular flexibility index (Phi) is 4.47. The Hall–Kier alpha value is -1.68. The summed E-state index contributed by atoms with van der Waals surface area (Å²) in [5.41, 5.74) is 0.801. The number of nitrogens with one attached hydrogen (secondary N) is 1. The van der Waals surface area contributed by atoms with Crippen LogP contribution in [-0.4, -0.2) is 22.6 Å². The molecule has 0 radical (unpaired) electrons. The topological polar surface area (TPSA) is 46.9 Å². The Morgan fingerprint density at radius 1 is 1.28 bits per heavy atom. The smallest absolute Gasteiger partial charge is 0.261 e. The van der Waals surface area contributed by atoms with Crippen molar-refractivity contribution >= 4 is 10.9 Å². The van der Waals surface area contributed by atoms with Crippen molar-refractivity contribution in [3.8, 4) is 0 Å². The summed E-state index contributed by atoms with van der Waals surface area (Å²) in [4.78, 5) is 16.4. The first-order valence-corrected chi connectivity index (χ1v) is 6.48. The van der Waals surface area contributed by atoms with Crippen LogP contribution in [0.15, 0.2) is 35.4 Å². The van der Waals surface area contributed by atoms with Crippen LogP contribution in [0.4, 0.5) is 0 Å². The third kappa shape index (κ3) is 2.96. The van der Waals surface area contributed by atoms with Crippen molar-refractivity contribution in [3.63, 3.8) is 0 Å². The zero-order valence-corrected chi connectivity index (χ0v) is 10.7. The SMILES string of the molecule is CCCCNCCn1cnc2ccccc2c1=O. The van der Waals surface area contributed by atoms with Crippen LogP contribution in [0.1, 0.15) is 19.8 Å². The predicted octanol–water partition coefficient (Wildman–Crippen LogP) is 1.79. The lowest BCUT2D eigenvalue weighted by Crippen LogP contribution is -2.27. The molecule has 4 nitrogen and oxygen atoms in total. The molecule has 2 aromatic rings. The minimum Gasteiger partial charge on any atom is -0.315 e. The van der Waals surface area contributed by atoms with Gasteiger partial charge in [-0.15, -0.1) is 0 Å². The maximum atomic E-state index is 12.1. The second-order valence-corrected chi connectivity index (χ2v) is 4.36. The van der Waals surface area contributed by atoms with E-state index in [1.54, 1.807) is 10.9 Å². The molecule has 0 amide bonds. The van der Waals surface area contributed by atoms with Gasteiger partial charge in [-0.25, -0.2) is 4.98 Å². The minimum atomic E-state index is 0.0397. The van der Waals surface area contributed by atoms with Crippen molar-refractivity contribution in [3.05, 3.63) is 40.9 Å². The number of benzene rings is 1. The van der Waals surface area contributed by atoms with E-state index in [2.05, 4.69) is 17.2 Å². The molecule has 0 aliphatic rings. The van der Waals surface area contributed by atoms with Gasteiger partial charge >= 0.3 is 0 Å². The van der Waals surface area contributed by atoms with E-state index in [1.165, 1.54) is 12.8 Å². The number of rotatable bonds is 6. The highest BCUT2D eigenvalue weighted by molar-refractivity contribution is 5.76. The first-order chi connectivity index (χ1) is 8.83. The van der Waals surface area contributed by atoms with Crippen LogP contribution in [0.2, 0.25) is 0 Å². The Bertz CT molecular complexity index is 562. The number of unbranched alkanes of at least 4 members (excludes halogenated alkanes) is 1. The molecule has 0 atom stereocenters. The molecule has 0 unspecified atom stereocenters. The maximum Gasteiger partial charge on any atom is 0.261 e. The van der Waals surface area contributed by atoms with Gasteiger partial charge in [-0.3, -0.25) is 9.36 Å². The van der Waals surface area contributed by atoms with Crippen molar-refractivity contribution in [2.75, 3.05) is 13.1 Å². The summed E-state index contributed by atoms with van der Waals surface area (Å²) in [6.45, 7) is 4.64. The van der Waals surface area contributed by atoms with Gasteiger partial charge in [-0.05, 0) is 25.1 Å². The molecule has 0 fully saturated rings. The number of hydrogen-bond acceptors (Lipinski definition) is 3. The van der Waals surface area contributed by atoms with Crippen molar-refractivity contribution in [1.29, 1.82) is 0 Å². The Labute approximate surface area is 107 Å². The molecule has 4 heteroatoms. The highest BCUT2D eigenvalue weighted by atomic mass is 16.1. The molecule has 0 aliphatic carbocycles. The van der Waals surface area contributed by atoms with Crippen molar-refractivity contribution in [1.82, 2.24) is 14.9 Å². The molecule has 0 spiro atoms. The summed E-state index contributed by atoms with van der Waals surface area (Å²) in [6, 6.07) is 7.45. The van der Waals surface area contributed by atoms with Crippen LogP contribution in [0.3, 0.4) is 0 Å².